The second-order valence-electron chi connectivity index (χ2n) is 5.59. The van der Waals surface area contributed by atoms with Gasteiger partial charge in [0.1, 0.15) is 6.61 Å². The Labute approximate surface area is 129 Å². The monoisotopic (exact) mass is 307 g/mol. The van der Waals surface area contributed by atoms with Crippen molar-refractivity contribution in [2.24, 2.45) is 11.7 Å². The number of ether oxygens (including phenoxy) is 1. The molecule has 7 heteroatoms. The molecule has 2 atom stereocenters. The summed E-state index contributed by atoms with van der Waals surface area (Å²) in [6.45, 7) is 3.66. The molecule has 0 bridgehead atoms. The predicted octanol–water partition coefficient (Wildman–Crippen LogP) is 1.56. The van der Waals surface area contributed by atoms with Crippen molar-refractivity contribution in [3.05, 3.63) is 34.4 Å². The van der Waals surface area contributed by atoms with Crippen molar-refractivity contribution in [1.29, 1.82) is 0 Å². The van der Waals surface area contributed by atoms with Crippen LogP contribution in [0.15, 0.2) is 24.3 Å². The van der Waals surface area contributed by atoms with Gasteiger partial charge >= 0.3 is 5.69 Å². The maximum absolute atomic E-state index is 11.3. The third-order valence-electron chi connectivity index (χ3n) is 4.11. The summed E-state index contributed by atoms with van der Waals surface area (Å²) in [5.74, 6) is -0.123. The van der Waals surface area contributed by atoms with Gasteiger partial charge in [0.2, 0.25) is 5.91 Å². The summed E-state index contributed by atoms with van der Waals surface area (Å²) in [6.07, 6.45) is 1.73. The van der Waals surface area contributed by atoms with Crippen molar-refractivity contribution in [1.82, 2.24) is 4.90 Å². The minimum atomic E-state index is -0.456. The number of hydrogen-bond acceptors (Lipinski definition) is 5. The maximum Gasteiger partial charge on any atom is 0.310 e. The lowest BCUT2D eigenvalue weighted by atomic mass is 9.93. The summed E-state index contributed by atoms with van der Waals surface area (Å²) >= 11 is 0. The van der Waals surface area contributed by atoms with Gasteiger partial charge in [-0.2, -0.15) is 0 Å². The molecule has 2 unspecified atom stereocenters. The molecule has 0 saturated carbocycles. The quantitative estimate of drug-likeness (QED) is 0.635. The van der Waals surface area contributed by atoms with E-state index in [9.17, 15) is 14.9 Å². The Morgan fingerprint density at radius 3 is 2.86 bits per heavy atom. The van der Waals surface area contributed by atoms with E-state index in [0.717, 1.165) is 12.8 Å². The van der Waals surface area contributed by atoms with Gasteiger partial charge in [-0.15, -0.1) is 0 Å². The number of hydrogen-bond donors (Lipinski definition) is 1. The average Bonchev–Trinajstić information content (AvgIpc) is 2.49. The number of carbonyl (C=O) groups is 1. The number of primary amides is 1. The summed E-state index contributed by atoms with van der Waals surface area (Å²) in [6, 6.07) is 6.67. The second kappa shape index (κ2) is 7.22. The zero-order chi connectivity index (χ0) is 16.1. The summed E-state index contributed by atoms with van der Waals surface area (Å²) < 4.78 is 5.55. The normalized spacial score (nSPS) is 22.2. The molecule has 2 rings (SSSR count). The number of carbonyl (C=O) groups excluding carboxylic acids is 1. The van der Waals surface area contributed by atoms with Gasteiger partial charge in [-0.3, -0.25) is 19.8 Å². The van der Waals surface area contributed by atoms with Crippen LogP contribution in [0.5, 0.6) is 5.75 Å². The van der Waals surface area contributed by atoms with Gasteiger partial charge < -0.3 is 10.5 Å². The molecule has 2 N–H and O–H groups in total. The molecule has 1 amide bonds. The van der Waals surface area contributed by atoms with Crippen molar-refractivity contribution in [2.45, 2.75) is 25.8 Å². The Morgan fingerprint density at radius 2 is 2.18 bits per heavy atom. The van der Waals surface area contributed by atoms with E-state index in [4.69, 9.17) is 10.5 Å². The van der Waals surface area contributed by atoms with Crippen molar-refractivity contribution in [3.8, 4) is 5.75 Å². The number of nitro groups is 1. The molecule has 1 aliphatic heterocycles. The molecule has 1 saturated heterocycles. The lowest BCUT2D eigenvalue weighted by Gasteiger charge is -2.36. The van der Waals surface area contributed by atoms with Crippen LogP contribution in [0.3, 0.4) is 0 Å². The standard InChI is InChI=1S/C15H21N3O4/c1-11-6-7-12(15(16)19)10-17(11)8-9-22-14-5-3-2-4-13(14)18(20)21/h2-5,11-12H,6-10H2,1H3,(H2,16,19). The Kier molecular flexibility index (Phi) is 5.32. The zero-order valence-corrected chi connectivity index (χ0v) is 12.6. The number of amides is 1. The fourth-order valence-electron chi connectivity index (χ4n) is 2.73. The topological polar surface area (TPSA) is 98.7 Å². The summed E-state index contributed by atoms with van der Waals surface area (Å²) in [5.41, 5.74) is 5.34. The third kappa shape index (κ3) is 3.94. The summed E-state index contributed by atoms with van der Waals surface area (Å²) in [5, 5.41) is 10.9. The van der Waals surface area contributed by atoms with Gasteiger partial charge in [-0.1, -0.05) is 12.1 Å². The number of piperidine rings is 1. The van der Waals surface area contributed by atoms with Gasteiger partial charge in [-0.25, -0.2) is 0 Å². The molecule has 1 heterocycles. The number of nitrogens with zero attached hydrogens (tertiary/aromatic N) is 2. The third-order valence-corrected chi connectivity index (χ3v) is 4.11. The van der Waals surface area contributed by atoms with Crippen LogP contribution in [0, 0.1) is 16.0 Å². The summed E-state index contributed by atoms with van der Waals surface area (Å²) in [7, 11) is 0. The minimum absolute atomic E-state index is 0.0378. The molecule has 0 radical (unpaired) electrons. The molecule has 1 aromatic carbocycles. The average molecular weight is 307 g/mol. The highest BCUT2D eigenvalue weighted by Gasteiger charge is 2.28. The van der Waals surface area contributed by atoms with Crippen LogP contribution in [0.4, 0.5) is 5.69 Å². The van der Waals surface area contributed by atoms with E-state index in [1.165, 1.54) is 6.07 Å². The zero-order valence-electron chi connectivity index (χ0n) is 12.6. The molecule has 22 heavy (non-hydrogen) atoms. The van der Waals surface area contributed by atoms with E-state index >= 15 is 0 Å². The molecule has 0 aromatic heterocycles. The Hall–Kier alpha value is -2.15. The first kappa shape index (κ1) is 16.2. The van der Waals surface area contributed by atoms with Crippen LogP contribution in [0.2, 0.25) is 0 Å². The van der Waals surface area contributed by atoms with Gasteiger partial charge in [0.25, 0.3) is 0 Å². The number of nitrogens with two attached hydrogens (primary N) is 1. The SMILES string of the molecule is CC1CCC(C(N)=O)CN1CCOc1ccccc1[N+](=O)[O-]. The first-order chi connectivity index (χ1) is 10.5. The second-order valence-corrected chi connectivity index (χ2v) is 5.59. The van der Waals surface area contributed by atoms with Crippen LogP contribution < -0.4 is 10.5 Å². The van der Waals surface area contributed by atoms with Crippen molar-refractivity contribution in [3.63, 3.8) is 0 Å². The van der Waals surface area contributed by atoms with Gasteiger partial charge in [0, 0.05) is 25.2 Å². The van der Waals surface area contributed by atoms with Crippen molar-refractivity contribution >= 4 is 11.6 Å². The van der Waals surface area contributed by atoms with Crippen LogP contribution in [-0.4, -0.2) is 41.5 Å². The molecule has 1 aliphatic rings. The highest BCUT2D eigenvalue weighted by Crippen LogP contribution is 2.26. The first-order valence-corrected chi connectivity index (χ1v) is 7.38. The van der Waals surface area contributed by atoms with Gasteiger partial charge in [-0.05, 0) is 25.8 Å². The summed E-state index contributed by atoms with van der Waals surface area (Å²) in [4.78, 5) is 23.9. The maximum atomic E-state index is 11.3. The molecular formula is C15H21N3O4. The smallest absolute Gasteiger partial charge is 0.310 e. The van der Waals surface area contributed by atoms with E-state index in [0.29, 0.717) is 25.7 Å². The Morgan fingerprint density at radius 1 is 1.45 bits per heavy atom. The van der Waals surface area contributed by atoms with E-state index in [2.05, 4.69) is 11.8 Å². The fraction of sp³-hybridized carbons (Fsp3) is 0.533. The molecule has 0 spiro atoms. The molecule has 1 aromatic rings. The highest BCUT2D eigenvalue weighted by atomic mass is 16.6. The number of benzene rings is 1. The van der Waals surface area contributed by atoms with Gasteiger partial charge in [0.05, 0.1) is 10.8 Å². The highest BCUT2D eigenvalue weighted by molar-refractivity contribution is 5.76. The molecule has 1 fully saturated rings. The van der Waals surface area contributed by atoms with E-state index in [1.807, 2.05) is 0 Å². The van der Waals surface area contributed by atoms with Crippen LogP contribution >= 0.6 is 0 Å². The number of likely N-dealkylation sites (tertiary alicyclic amines) is 1. The predicted molar refractivity (Wildman–Crippen MR) is 81.5 cm³/mol. The van der Waals surface area contributed by atoms with Crippen LogP contribution in [0.1, 0.15) is 19.8 Å². The van der Waals surface area contributed by atoms with E-state index in [-0.39, 0.29) is 23.3 Å². The Bertz CT molecular complexity index is 549. The van der Waals surface area contributed by atoms with Crippen molar-refractivity contribution in [2.75, 3.05) is 19.7 Å². The fourth-order valence-corrected chi connectivity index (χ4v) is 2.73. The molecule has 120 valence electrons. The molecular weight excluding hydrogens is 286 g/mol. The Balaban J connectivity index is 1.90. The van der Waals surface area contributed by atoms with Crippen LogP contribution in [0.25, 0.3) is 0 Å². The van der Waals surface area contributed by atoms with Gasteiger partial charge in [0.15, 0.2) is 5.75 Å². The number of para-hydroxylation sites is 2. The van der Waals surface area contributed by atoms with E-state index in [1.54, 1.807) is 18.2 Å². The lowest BCUT2D eigenvalue weighted by molar-refractivity contribution is -0.385. The van der Waals surface area contributed by atoms with Crippen molar-refractivity contribution < 1.29 is 14.5 Å². The number of rotatable bonds is 6. The van der Waals surface area contributed by atoms with Crippen LogP contribution in [-0.2, 0) is 4.79 Å². The largest absolute Gasteiger partial charge is 0.485 e. The molecule has 0 aliphatic carbocycles. The first-order valence-electron chi connectivity index (χ1n) is 7.38. The molecule has 7 nitrogen and oxygen atoms in total. The van der Waals surface area contributed by atoms with E-state index < -0.39 is 4.92 Å². The lowest BCUT2D eigenvalue weighted by Crippen LogP contribution is -2.47. The minimum Gasteiger partial charge on any atom is -0.485 e. The number of nitro benzene ring substituents is 1.